The van der Waals surface area contributed by atoms with E-state index in [2.05, 4.69) is 15.6 Å². The first-order chi connectivity index (χ1) is 14.5. The first-order valence-electron chi connectivity index (χ1n) is 8.70. The summed E-state index contributed by atoms with van der Waals surface area (Å²) in [4.78, 5) is 39.3. The van der Waals surface area contributed by atoms with Crippen LogP contribution in [0.1, 0.15) is 20.7 Å². The molecule has 0 atom stereocenters. The van der Waals surface area contributed by atoms with E-state index in [1.807, 2.05) is 0 Å². The molecule has 0 radical (unpaired) electrons. The fourth-order valence-electron chi connectivity index (χ4n) is 2.88. The molecule has 1 heterocycles. The molecule has 0 aliphatic rings. The number of carbonyl (C=O) groups excluding carboxylic acids is 2. The molecule has 1 aromatic heterocycles. The number of rotatable bonds is 5. The number of sulfonamides is 1. The van der Waals surface area contributed by atoms with Crippen molar-refractivity contribution in [3.8, 4) is 5.75 Å². The average molecular weight is 448 g/mol. The molecule has 12 heteroatoms. The zero-order valence-electron chi connectivity index (χ0n) is 16.2. The van der Waals surface area contributed by atoms with E-state index in [0.717, 1.165) is 18.4 Å². The minimum Gasteiger partial charge on any atom is -0.506 e. The van der Waals surface area contributed by atoms with Crippen molar-refractivity contribution in [1.82, 2.24) is 9.71 Å². The molecule has 162 valence electrons. The Morgan fingerprint density at radius 3 is 2.32 bits per heavy atom. The maximum absolute atomic E-state index is 13.8. The lowest BCUT2D eigenvalue weighted by Gasteiger charge is -2.11. The molecule has 0 unspecified atom stereocenters. The molecule has 0 fully saturated rings. The molecule has 0 aliphatic heterocycles. The summed E-state index contributed by atoms with van der Waals surface area (Å²) < 4.78 is 37.9. The van der Waals surface area contributed by atoms with E-state index in [9.17, 15) is 32.3 Å². The van der Waals surface area contributed by atoms with Gasteiger partial charge in [0.1, 0.15) is 17.1 Å². The SMILES string of the molecule is CNc1cc(F)cc2c(O)c(C(=O)Nc3ccc(C(=O)NS(C)(=O)=O)cc3)c(=O)[nH]c12. The number of benzene rings is 2. The van der Waals surface area contributed by atoms with Gasteiger partial charge in [0.2, 0.25) is 10.0 Å². The number of hydrogen-bond acceptors (Lipinski definition) is 7. The van der Waals surface area contributed by atoms with Crippen LogP contribution < -0.4 is 20.9 Å². The second-order valence-corrected chi connectivity index (χ2v) is 8.29. The highest BCUT2D eigenvalue weighted by Gasteiger charge is 2.21. The molecule has 0 saturated carbocycles. The maximum Gasteiger partial charge on any atom is 0.265 e. The van der Waals surface area contributed by atoms with Crippen molar-refractivity contribution in [3.05, 3.63) is 63.7 Å². The molecule has 2 aromatic carbocycles. The number of aromatic hydroxyl groups is 1. The van der Waals surface area contributed by atoms with Crippen LogP contribution in [0, 0.1) is 5.82 Å². The highest BCUT2D eigenvalue weighted by molar-refractivity contribution is 7.89. The number of anilines is 2. The zero-order chi connectivity index (χ0) is 22.9. The van der Waals surface area contributed by atoms with E-state index in [-0.39, 0.29) is 27.8 Å². The predicted molar refractivity (Wildman–Crippen MR) is 112 cm³/mol. The average Bonchev–Trinajstić information content (AvgIpc) is 2.67. The van der Waals surface area contributed by atoms with Gasteiger partial charge in [0, 0.05) is 23.7 Å². The van der Waals surface area contributed by atoms with E-state index in [1.165, 1.54) is 31.3 Å². The summed E-state index contributed by atoms with van der Waals surface area (Å²) in [6, 6.07) is 7.23. The summed E-state index contributed by atoms with van der Waals surface area (Å²) in [6.07, 6.45) is 0.832. The zero-order valence-corrected chi connectivity index (χ0v) is 17.1. The fraction of sp³-hybridized carbons (Fsp3) is 0.105. The normalized spacial score (nSPS) is 11.2. The van der Waals surface area contributed by atoms with Gasteiger partial charge in [-0.15, -0.1) is 0 Å². The van der Waals surface area contributed by atoms with E-state index in [0.29, 0.717) is 0 Å². The van der Waals surface area contributed by atoms with Gasteiger partial charge in [-0.05, 0) is 36.4 Å². The quantitative estimate of drug-likeness (QED) is 0.394. The van der Waals surface area contributed by atoms with Gasteiger partial charge in [0.15, 0.2) is 0 Å². The number of H-pyrrole nitrogens is 1. The van der Waals surface area contributed by atoms with Crippen LogP contribution in [0.4, 0.5) is 15.8 Å². The first-order valence-corrected chi connectivity index (χ1v) is 10.6. The van der Waals surface area contributed by atoms with E-state index in [4.69, 9.17) is 0 Å². The summed E-state index contributed by atoms with van der Waals surface area (Å²) in [6.45, 7) is 0. The number of aromatic amines is 1. The van der Waals surface area contributed by atoms with Crippen molar-refractivity contribution in [2.45, 2.75) is 0 Å². The highest BCUT2D eigenvalue weighted by Crippen LogP contribution is 2.30. The smallest absolute Gasteiger partial charge is 0.265 e. The van der Waals surface area contributed by atoms with Crippen molar-refractivity contribution < 1.29 is 27.5 Å². The Kier molecular flexibility index (Phi) is 5.66. The molecule has 0 aliphatic carbocycles. The molecule has 31 heavy (non-hydrogen) atoms. The lowest BCUT2D eigenvalue weighted by molar-refractivity contribution is 0.0980. The topological polar surface area (TPSA) is 157 Å². The van der Waals surface area contributed by atoms with Crippen LogP contribution in [0.5, 0.6) is 5.75 Å². The van der Waals surface area contributed by atoms with Crippen LogP contribution in [0.15, 0.2) is 41.2 Å². The Hall–Kier alpha value is -3.93. The van der Waals surface area contributed by atoms with Gasteiger partial charge in [-0.25, -0.2) is 17.5 Å². The number of amides is 2. The van der Waals surface area contributed by atoms with Gasteiger partial charge in [0.25, 0.3) is 17.4 Å². The number of pyridine rings is 1. The maximum atomic E-state index is 13.8. The van der Waals surface area contributed by atoms with Gasteiger partial charge in [0.05, 0.1) is 17.5 Å². The van der Waals surface area contributed by atoms with Crippen molar-refractivity contribution in [3.63, 3.8) is 0 Å². The van der Waals surface area contributed by atoms with Crippen molar-refractivity contribution in [2.24, 2.45) is 0 Å². The van der Waals surface area contributed by atoms with E-state index in [1.54, 1.807) is 4.72 Å². The number of fused-ring (bicyclic) bond motifs is 1. The first kappa shape index (κ1) is 21.8. The Labute approximate surface area is 175 Å². The lowest BCUT2D eigenvalue weighted by atomic mass is 10.1. The Morgan fingerprint density at radius 2 is 1.74 bits per heavy atom. The molecular weight excluding hydrogens is 431 g/mol. The molecule has 5 N–H and O–H groups in total. The van der Waals surface area contributed by atoms with E-state index >= 15 is 0 Å². The second kappa shape index (κ2) is 8.07. The molecule has 10 nitrogen and oxygen atoms in total. The lowest BCUT2D eigenvalue weighted by Crippen LogP contribution is -2.29. The minimum atomic E-state index is -3.74. The van der Waals surface area contributed by atoms with Crippen LogP contribution in [0.2, 0.25) is 0 Å². The number of hydrogen-bond donors (Lipinski definition) is 5. The van der Waals surface area contributed by atoms with Crippen LogP contribution >= 0.6 is 0 Å². The summed E-state index contributed by atoms with van der Waals surface area (Å²) in [7, 11) is -2.23. The molecule has 2 amide bonds. The van der Waals surface area contributed by atoms with Crippen LogP contribution in [-0.2, 0) is 10.0 Å². The summed E-state index contributed by atoms with van der Waals surface area (Å²) >= 11 is 0. The molecule has 0 bridgehead atoms. The van der Waals surface area contributed by atoms with Crippen LogP contribution in [0.25, 0.3) is 10.9 Å². The van der Waals surface area contributed by atoms with Crippen molar-refractivity contribution >= 4 is 44.1 Å². The number of carbonyl (C=O) groups is 2. The van der Waals surface area contributed by atoms with Crippen molar-refractivity contribution in [2.75, 3.05) is 23.9 Å². The van der Waals surface area contributed by atoms with Gasteiger partial charge in [-0.3, -0.25) is 14.4 Å². The number of nitrogens with one attached hydrogen (secondary N) is 4. The molecule has 3 rings (SSSR count). The van der Waals surface area contributed by atoms with Gasteiger partial charge in [-0.2, -0.15) is 0 Å². The third-order valence-electron chi connectivity index (χ3n) is 4.24. The third-order valence-corrected chi connectivity index (χ3v) is 4.80. The second-order valence-electron chi connectivity index (χ2n) is 6.54. The van der Waals surface area contributed by atoms with Crippen LogP contribution in [0.3, 0.4) is 0 Å². The largest absolute Gasteiger partial charge is 0.506 e. The predicted octanol–water partition coefficient (Wildman–Crippen LogP) is 1.36. The Balaban J connectivity index is 1.92. The molecule has 3 aromatic rings. The fourth-order valence-corrected chi connectivity index (χ4v) is 3.33. The standard InChI is InChI=1S/C19H17FN4O6S/c1-21-13-8-10(20)7-12-15(13)23-19(28)14(16(12)25)18(27)22-11-5-3-9(4-6-11)17(26)24-31(2,29)30/h3-8,21H,1-2H3,(H,22,27)(H,24,26)(H2,23,25,28). The number of halogens is 1. The van der Waals surface area contributed by atoms with Crippen molar-refractivity contribution in [1.29, 1.82) is 0 Å². The summed E-state index contributed by atoms with van der Waals surface area (Å²) in [5, 5.41) is 15.5. The van der Waals surface area contributed by atoms with Crippen LogP contribution in [-0.4, -0.2) is 43.6 Å². The summed E-state index contributed by atoms with van der Waals surface area (Å²) in [5.74, 6) is -3.21. The highest BCUT2D eigenvalue weighted by atomic mass is 32.2. The monoisotopic (exact) mass is 448 g/mol. The number of aromatic nitrogens is 1. The summed E-state index contributed by atoms with van der Waals surface area (Å²) in [5.41, 5.74) is -0.991. The Bertz CT molecular complexity index is 1370. The molecular formula is C19H17FN4O6S. The Morgan fingerprint density at radius 1 is 1.10 bits per heavy atom. The van der Waals surface area contributed by atoms with E-state index < -0.39 is 44.5 Å². The molecule has 0 spiro atoms. The minimum absolute atomic E-state index is 0.0184. The third kappa shape index (κ3) is 4.64. The van der Waals surface area contributed by atoms with Gasteiger partial charge < -0.3 is 20.7 Å². The van der Waals surface area contributed by atoms with Gasteiger partial charge >= 0.3 is 0 Å². The molecule has 0 saturated heterocycles. The van der Waals surface area contributed by atoms with Gasteiger partial charge in [-0.1, -0.05) is 0 Å².